The third-order valence-corrected chi connectivity index (χ3v) is 3.96. The van der Waals surface area contributed by atoms with E-state index in [0.29, 0.717) is 17.5 Å². The Labute approximate surface area is 125 Å². The first kappa shape index (κ1) is 15.7. The maximum atomic E-state index is 13.6. The van der Waals surface area contributed by atoms with Crippen molar-refractivity contribution in [3.05, 3.63) is 53.9 Å². The van der Waals surface area contributed by atoms with Crippen molar-refractivity contribution in [2.24, 2.45) is 0 Å². The molecule has 0 amide bonds. The van der Waals surface area contributed by atoms with Crippen molar-refractivity contribution in [2.45, 2.75) is 24.7 Å². The minimum atomic E-state index is -1.26. The maximum absolute atomic E-state index is 13.6. The molecule has 0 radical (unpaired) electrons. The largest absolute Gasteiger partial charge is 0.387 e. The van der Waals surface area contributed by atoms with Crippen LogP contribution in [0.25, 0.3) is 0 Å². The van der Waals surface area contributed by atoms with Crippen molar-refractivity contribution in [2.75, 3.05) is 5.75 Å². The molecule has 1 unspecified atom stereocenters. The van der Waals surface area contributed by atoms with Gasteiger partial charge in [-0.05, 0) is 19.1 Å². The van der Waals surface area contributed by atoms with Crippen LogP contribution >= 0.6 is 11.8 Å². The van der Waals surface area contributed by atoms with Crippen LogP contribution in [0.1, 0.15) is 17.5 Å². The van der Waals surface area contributed by atoms with Gasteiger partial charge in [-0.2, -0.15) is 0 Å². The highest BCUT2D eigenvalue weighted by atomic mass is 32.2. The van der Waals surface area contributed by atoms with Crippen LogP contribution in [-0.4, -0.2) is 25.6 Å². The number of halogens is 2. The minimum absolute atomic E-state index is 0.0765. The van der Waals surface area contributed by atoms with Gasteiger partial charge >= 0.3 is 0 Å². The van der Waals surface area contributed by atoms with Gasteiger partial charge in [0.15, 0.2) is 5.16 Å². The second-order valence-electron chi connectivity index (χ2n) is 4.39. The molecule has 1 atom stereocenters. The highest BCUT2D eigenvalue weighted by Gasteiger charge is 2.19. The lowest BCUT2D eigenvalue weighted by Gasteiger charge is -2.12. The summed E-state index contributed by atoms with van der Waals surface area (Å²) in [5, 5.41) is 18.5. The molecule has 1 N–H and O–H groups in total. The summed E-state index contributed by atoms with van der Waals surface area (Å²) in [6.45, 7) is 5.98. The van der Waals surface area contributed by atoms with Gasteiger partial charge in [0.25, 0.3) is 0 Å². The monoisotopic (exact) mass is 311 g/mol. The Morgan fingerprint density at radius 1 is 1.38 bits per heavy atom. The van der Waals surface area contributed by atoms with Gasteiger partial charge in [0.1, 0.15) is 17.5 Å². The highest BCUT2D eigenvalue weighted by Crippen LogP contribution is 2.27. The van der Waals surface area contributed by atoms with Crippen molar-refractivity contribution < 1.29 is 13.9 Å². The number of allylic oxidation sites excluding steroid dienone is 1. The van der Waals surface area contributed by atoms with Gasteiger partial charge < -0.3 is 9.67 Å². The van der Waals surface area contributed by atoms with E-state index in [0.717, 1.165) is 12.1 Å². The van der Waals surface area contributed by atoms with Crippen LogP contribution in [-0.2, 0) is 6.54 Å². The average molecular weight is 311 g/mol. The number of thioether (sulfide) groups is 1. The number of benzene rings is 1. The summed E-state index contributed by atoms with van der Waals surface area (Å²) in [5.74, 6) is -0.727. The number of nitrogens with zero attached hydrogens (tertiary/aromatic N) is 3. The van der Waals surface area contributed by atoms with Crippen molar-refractivity contribution >= 4 is 11.8 Å². The molecule has 0 fully saturated rings. The Morgan fingerprint density at radius 3 is 2.67 bits per heavy atom. The van der Waals surface area contributed by atoms with Gasteiger partial charge in [0, 0.05) is 12.3 Å². The SMILES string of the molecule is C=CCn1c(C)nnc1SCC(O)c1c(F)cccc1F. The lowest BCUT2D eigenvalue weighted by molar-refractivity contribution is 0.193. The van der Waals surface area contributed by atoms with Crippen LogP contribution in [0.15, 0.2) is 36.0 Å². The van der Waals surface area contributed by atoms with E-state index in [-0.39, 0.29) is 11.3 Å². The number of hydrogen-bond donors (Lipinski definition) is 1. The fourth-order valence-electron chi connectivity index (χ4n) is 1.87. The Bertz CT molecular complexity index is 625. The van der Waals surface area contributed by atoms with E-state index in [1.807, 2.05) is 4.57 Å². The topological polar surface area (TPSA) is 50.9 Å². The number of aryl methyl sites for hydroxylation is 1. The molecule has 0 aliphatic rings. The molecule has 1 aromatic carbocycles. The molecule has 0 aliphatic carbocycles. The number of aliphatic hydroxyl groups excluding tert-OH is 1. The van der Waals surface area contributed by atoms with E-state index < -0.39 is 17.7 Å². The Balaban J connectivity index is 2.11. The first-order chi connectivity index (χ1) is 10.0. The van der Waals surface area contributed by atoms with Crippen LogP contribution in [0.4, 0.5) is 8.78 Å². The van der Waals surface area contributed by atoms with E-state index in [1.165, 1.54) is 17.8 Å². The van der Waals surface area contributed by atoms with E-state index in [2.05, 4.69) is 16.8 Å². The van der Waals surface area contributed by atoms with Crippen LogP contribution < -0.4 is 0 Å². The molecular weight excluding hydrogens is 296 g/mol. The molecule has 112 valence electrons. The van der Waals surface area contributed by atoms with E-state index in [9.17, 15) is 13.9 Å². The minimum Gasteiger partial charge on any atom is -0.387 e. The number of rotatable bonds is 6. The van der Waals surface area contributed by atoms with Crippen molar-refractivity contribution in [3.8, 4) is 0 Å². The average Bonchev–Trinajstić information content (AvgIpc) is 2.78. The molecule has 0 saturated heterocycles. The molecular formula is C14H15F2N3OS. The van der Waals surface area contributed by atoms with Crippen LogP contribution in [0, 0.1) is 18.6 Å². The molecule has 0 saturated carbocycles. The first-order valence-corrected chi connectivity index (χ1v) is 7.28. The van der Waals surface area contributed by atoms with Crippen molar-refractivity contribution in [1.82, 2.24) is 14.8 Å². The summed E-state index contributed by atoms with van der Waals surface area (Å²) in [4.78, 5) is 0. The van der Waals surface area contributed by atoms with Gasteiger partial charge in [-0.3, -0.25) is 0 Å². The van der Waals surface area contributed by atoms with Crippen molar-refractivity contribution in [3.63, 3.8) is 0 Å². The smallest absolute Gasteiger partial charge is 0.191 e. The molecule has 1 aromatic heterocycles. The van der Waals surface area contributed by atoms with Gasteiger partial charge in [-0.15, -0.1) is 16.8 Å². The molecule has 7 heteroatoms. The lowest BCUT2D eigenvalue weighted by Crippen LogP contribution is -2.08. The number of hydrogen-bond acceptors (Lipinski definition) is 4. The maximum Gasteiger partial charge on any atom is 0.191 e. The predicted molar refractivity (Wildman–Crippen MR) is 77.0 cm³/mol. The summed E-state index contributed by atoms with van der Waals surface area (Å²) < 4.78 is 29.0. The zero-order valence-electron chi connectivity index (χ0n) is 11.5. The van der Waals surface area contributed by atoms with E-state index in [4.69, 9.17) is 0 Å². The zero-order chi connectivity index (χ0) is 15.4. The summed E-state index contributed by atoms with van der Waals surface area (Å²) >= 11 is 1.19. The van der Waals surface area contributed by atoms with Gasteiger partial charge in [-0.1, -0.05) is 23.9 Å². The second-order valence-corrected chi connectivity index (χ2v) is 5.38. The molecule has 2 aromatic rings. The van der Waals surface area contributed by atoms with Gasteiger partial charge in [0.2, 0.25) is 0 Å². The summed E-state index contributed by atoms with van der Waals surface area (Å²) in [5.41, 5.74) is -0.323. The normalized spacial score (nSPS) is 12.4. The standard InChI is InChI=1S/C14H15F2N3OS/c1-3-7-19-9(2)17-18-14(19)21-8-12(20)13-10(15)5-4-6-11(13)16/h3-6,12,20H,1,7-8H2,2H3. The summed E-state index contributed by atoms with van der Waals surface area (Å²) in [7, 11) is 0. The van der Waals surface area contributed by atoms with E-state index in [1.54, 1.807) is 13.0 Å². The molecule has 1 heterocycles. The summed E-state index contributed by atoms with van der Waals surface area (Å²) in [6, 6.07) is 3.51. The third kappa shape index (κ3) is 3.48. The molecule has 2 rings (SSSR count). The Morgan fingerprint density at radius 2 is 2.05 bits per heavy atom. The Hall–Kier alpha value is -1.73. The van der Waals surface area contributed by atoms with Crippen LogP contribution in [0.2, 0.25) is 0 Å². The molecule has 4 nitrogen and oxygen atoms in total. The lowest BCUT2D eigenvalue weighted by atomic mass is 10.1. The molecule has 0 spiro atoms. The van der Waals surface area contributed by atoms with Gasteiger partial charge in [-0.25, -0.2) is 8.78 Å². The van der Waals surface area contributed by atoms with Crippen LogP contribution in [0.3, 0.4) is 0 Å². The number of aromatic nitrogens is 3. The molecule has 21 heavy (non-hydrogen) atoms. The van der Waals surface area contributed by atoms with E-state index >= 15 is 0 Å². The highest BCUT2D eigenvalue weighted by molar-refractivity contribution is 7.99. The van der Waals surface area contributed by atoms with Gasteiger partial charge in [0.05, 0.1) is 11.7 Å². The molecule has 0 bridgehead atoms. The fourth-order valence-corrected chi connectivity index (χ4v) is 2.81. The summed E-state index contributed by atoms with van der Waals surface area (Å²) in [6.07, 6.45) is 0.443. The second kappa shape index (κ2) is 6.82. The van der Waals surface area contributed by atoms with Crippen LogP contribution in [0.5, 0.6) is 0 Å². The fraction of sp³-hybridized carbons (Fsp3) is 0.286. The predicted octanol–water partition coefficient (Wildman–Crippen LogP) is 2.88. The molecule has 0 aliphatic heterocycles. The van der Waals surface area contributed by atoms with Crippen molar-refractivity contribution in [1.29, 1.82) is 0 Å². The number of aliphatic hydroxyl groups is 1. The quantitative estimate of drug-likeness (QED) is 0.658. The first-order valence-electron chi connectivity index (χ1n) is 6.30. The Kier molecular flexibility index (Phi) is 5.08. The zero-order valence-corrected chi connectivity index (χ0v) is 12.3. The third-order valence-electron chi connectivity index (χ3n) is 2.92.